The van der Waals surface area contributed by atoms with Crippen molar-refractivity contribution < 1.29 is 0 Å². The van der Waals surface area contributed by atoms with E-state index in [0.717, 1.165) is 30.6 Å². The summed E-state index contributed by atoms with van der Waals surface area (Å²) in [6.07, 6.45) is 2.00. The topological polar surface area (TPSA) is 37.4 Å². The zero-order valence-electron chi connectivity index (χ0n) is 14.6. The number of anilines is 2. The Hall–Kier alpha value is -2.68. The molecule has 126 valence electrons. The maximum absolute atomic E-state index is 12.4. The van der Waals surface area contributed by atoms with Crippen molar-refractivity contribution in [2.75, 3.05) is 11.4 Å². The third kappa shape index (κ3) is 2.51. The van der Waals surface area contributed by atoms with E-state index in [2.05, 4.69) is 19.9 Å². The third-order valence-electron chi connectivity index (χ3n) is 5.13. The van der Waals surface area contributed by atoms with Crippen LogP contribution in [0.4, 0.5) is 11.4 Å². The molecule has 0 radical (unpaired) electrons. The average molecular weight is 331 g/mol. The first kappa shape index (κ1) is 15.8. The van der Waals surface area contributed by atoms with E-state index < -0.39 is 0 Å². The number of rotatable bonds is 3. The van der Waals surface area contributed by atoms with Crippen molar-refractivity contribution in [1.29, 1.82) is 0 Å². The summed E-state index contributed by atoms with van der Waals surface area (Å²) in [6.45, 7) is 5.06. The van der Waals surface area contributed by atoms with E-state index in [1.807, 2.05) is 47.4 Å². The van der Waals surface area contributed by atoms with Gasteiger partial charge >= 0.3 is 0 Å². The fourth-order valence-electron chi connectivity index (χ4n) is 3.71. The highest BCUT2D eigenvalue weighted by Gasteiger charge is 2.30. The van der Waals surface area contributed by atoms with E-state index in [0.29, 0.717) is 17.2 Å². The highest BCUT2D eigenvalue weighted by atomic mass is 16.2. The highest BCUT2D eigenvalue weighted by Crippen LogP contribution is 2.37. The Morgan fingerprint density at radius 2 is 1.64 bits per heavy atom. The van der Waals surface area contributed by atoms with Crippen LogP contribution >= 0.6 is 0 Å². The molecule has 0 spiro atoms. The lowest BCUT2D eigenvalue weighted by Gasteiger charge is -2.33. The van der Waals surface area contributed by atoms with Gasteiger partial charge in [-0.25, -0.2) is 0 Å². The largest absolute Gasteiger partial charge is 0.337 e. The van der Waals surface area contributed by atoms with Gasteiger partial charge in [-0.2, -0.15) is 0 Å². The van der Waals surface area contributed by atoms with E-state index in [4.69, 9.17) is 0 Å². The van der Waals surface area contributed by atoms with E-state index in [1.165, 1.54) is 11.1 Å². The Labute approximate surface area is 147 Å². The van der Waals surface area contributed by atoms with Gasteiger partial charge in [0.05, 0.1) is 5.56 Å². The second-order valence-electron chi connectivity index (χ2n) is 7.04. The quantitative estimate of drug-likeness (QED) is 0.676. The molecule has 0 unspecified atom stereocenters. The smallest absolute Gasteiger partial charge is 0.250 e. The summed E-state index contributed by atoms with van der Waals surface area (Å²) < 4.78 is 0. The molecule has 0 bridgehead atoms. The van der Waals surface area contributed by atoms with Gasteiger partial charge in [-0.05, 0) is 41.5 Å². The first-order valence-corrected chi connectivity index (χ1v) is 8.87. The fraction of sp³-hybridized carbons (Fsp3) is 0.273. The molecule has 1 heterocycles. The minimum atomic E-state index is -0.365. The van der Waals surface area contributed by atoms with Crippen molar-refractivity contribution in [3.8, 4) is 11.1 Å². The molecule has 0 atom stereocenters. The van der Waals surface area contributed by atoms with Crippen LogP contribution in [0.5, 0.6) is 0 Å². The Morgan fingerprint density at radius 1 is 0.920 bits per heavy atom. The molecule has 0 aromatic heterocycles. The standard InChI is InChI=1S/C22H21NO2/c1-14(2)15-9-11-17(12-10-15)19-20(22(25)21(19)24)23-13-5-7-16-6-3-4-8-18(16)23/h3-4,6,8-12,14H,5,7,13H2,1-2H3. The Balaban J connectivity index is 1.80. The summed E-state index contributed by atoms with van der Waals surface area (Å²) in [5.74, 6) is 0.440. The Bertz CT molecular complexity index is 992. The lowest BCUT2D eigenvalue weighted by Crippen LogP contribution is -2.41. The van der Waals surface area contributed by atoms with Crippen molar-refractivity contribution in [3.05, 3.63) is 80.1 Å². The fourth-order valence-corrected chi connectivity index (χ4v) is 3.71. The first-order chi connectivity index (χ1) is 12.1. The molecule has 0 saturated carbocycles. The molecular weight excluding hydrogens is 310 g/mol. The lowest BCUT2D eigenvalue weighted by atomic mass is 9.92. The van der Waals surface area contributed by atoms with Crippen molar-refractivity contribution in [2.45, 2.75) is 32.6 Å². The summed E-state index contributed by atoms with van der Waals surface area (Å²) in [7, 11) is 0. The summed E-state index contributed by atoms with van der Waals surface area (Å²) in [5, 5.41) is 0. The molecule has 25 heavy (non-hydrogen) atoms. The molecule has 4 rings (SSSR count). The molecule has 0 N–H and O–H groups in total. The zero-order valence-corrected chi connectivity index (χ0v) is 14.6. The summed E-state index contributed by atoms with van der Waals surface area (Å²) in [6, 6.07) is 16.2. The van der Waals surface area contributed by atoms with Crippen LogP contribution in [0.2, 0.25) is 0 Å². The van der Waals surface area contributed by atoms with Gasteiger partial charge < -0.3 is 4.90 Å². The minimum Gasteiger partial charge on any atom is -0.337 e. The minimum absolute atomic E-state index is 0.361. The Morgan fingerprint density at radius 3 is 2.36 bits per heavy atom. The van der Waals surface area contributed by atoms with Crippen molar-refractivity contribution in [2.24, 2.45) is 0 Å². The van der Waals surface area contributed by atoms with Crippen LogP contribution in [0.25, 0.3) is 11.1 Å². The van der Waals surface area contributed by atoms with Crippen molar-refractivity contribution >= 4 is 11.4 Å². The van der Waals surface area contributed by atoms with Crippen LogP contribution in [0.15, 0.2) is 58.1 Å². The summed E-state index contributed by atoms with van der Waals surface area (Å²) in [4.78, 5) is 26.7. The Kier molecular flexibility index (Phi) is 3.79. The number of fused-ring (bicyclic) bond motifs is 1. The number of benzene rings is 2. The van der Waals surface area contributed by atoms with Crippen LogP contribution in [-0.2, 0) is 6.42 Å². The van der Waals surface area contributed by atoms with Gasteiger partial charge in [-0.3, -0.25) is 9.59 Å². The van der Waals surface area contributed by atoms with Gasteiger partial charge in [-0.1, -0.05) is 56.3 Å². The molecule has 3 heteroatoms. The summed E-state index contributed by atoms with van der Waals surface area (Å²) >= 11 is 0. The highest BCUT2D eigenvalue weighted by molar-refractivity contribution is 5.87. The monoisotopic (exact) mass is 331 g/mol. The second kappa shape index (κ2) is 5.99. The molecule has 0 aliphatic carbocycles. The van der Waals surface area contributed by atoms with Crippen LogP contribution < -0.4 is 15.8 Å². The first-order valence-electron chi connectivity index (χ1n) is 8.87. The van der Waals surface area contributed by atoms with Gasteiger partial charge in [0.2, 0.25) is 5.43 Å². The number of hydrogen-bond acceptors (Lipinski definition) is 3. The van der Waals surface area contributed by atoms with Gasteiger partial charge in [0.15, 0.2) is 0 Å². The SMILES string of the molecule is CC(C)c1ccc(-c2c(N3CCCc4ccccc43)c(=O)c2=O)cc1. The maximum Gasteiger partial charge on any atom is 0.250 e. The average Bonchev–Trinajstić information content (AvgIpc) is 2.65. The summed E-state index contributed by atoms with van der Waals surface area (Å²) in [5.41, 5.74) is 4.77. The van der Waals surface area contributed by atoms with Crippen LogP contribution in [-0.4, -0.2) is 6.54 Å². The van der Waals surface area contributed by atoms with Crippen LogP contribution in [0.1, 0.15) is 37.3 Å². The predicted octanol–water partition coefficient (Wildman–Crippen LogP) is 4.16. The number of nitrogens with zero attached hydrogens (tertiary/aromatic N) is 1. The zero-order chi connectivity index (χ0) is 17.6. The molecule has 3 aromatic rings. The molecule has 0 amide bonds. The molecule has 3 nitrogen and oxygen atoms in total. The van der Waals surface area contributed by atoms with Gasteiger partial charge in [-0.15, -0.1) is 0 Å². The number of para-hydroxylation sites is 1. The molecule has 1 aliphatic rings. The maximum atomic E-state index is 12.4. The number of aryl methyl sites for hydroxylation is 1. The van der Waals surface area contributed by atoms with E-state index in [1.54, 1.807) is 0 Å². The van der Waals surface area contributed by atoms with Crippen LogP contribution in [0, 0.1) is 0 Å². The third-order valence-corrected chi connectivity index (χ3v) is 5.13. The van der Waals surface area contributed by atoms with E-state index >= 15 is 0 Å². The van der Waals surface area contributed by atoms with Gasteiger partial charge in [0.25, 0.3) is 5.43 Å². The van der Waals surface area contributed by atoms with E-state index in [-0.39, 0.29) is 10.9 Å². The molecule has 3 aromatic carbocycles. The van der Waals surface area contributed by atoms with Crippen molar-refractivity contribution in [3.63, 3.8) is 0 Å². The second-order valence-corrected chi connectivity index (χ2v) is 7.04. The van der Waals surface area contributed by atoms with Crippen LogP contribution in [0.3, 0.4) is 0 Å². The van der Waals surface area contributed by atoms with Gasteiger partial charge in [0, 0.05) is 12.2 Å². The molecule has 0 saturated heterocycles. The molecule has 0 fully saturated rings. The molecule has 1 aliphatic heterocycles. The van der Waals surface area contributed by atoms with Gasteiger partial charge in [0.1, 0.15) is 5.69 Å². The lowest BCUT2D eigenvalue weighted by molar-refractivity contribution is 0.763. The predicted molar refractivity (Wildman–Crippen MR) is 103 cm³/mol. The van der Waals surface area contributed by atoms with Crippen molar-refractivity contribution in [1.82, 2.24) is 0 Å². The van der Waals surface area contributed by atoms with E-state index in [9.17, 15) is 9.59 Å². The normalized spacial score (nSPS) is 14.1. The molecular formula is C22H21NO2. The number of hydrogen-bond donors (Lipinski definition) is 0.